The molecule has 0 aromatic carbocycles. The Kier molecular flexibility index (Phi) is 8.25. The third kappa shape index (κ3) is 6.29. The van der Waals surface area contributed by atoms with Crippen molar-refractivity contribution < 1.29 is 14.4 Å². The van der Waals surface area contributed by atoms with E-state index in [0.717, 1.165) is 37.9 Å². The summed E-state index contributed by atoms with van der Waals surface area (Å²) < 4.78 is 1.93. The summed E-state index contributed by atoms with van der Waals surface area (Å²) in [5.74, 6) is 0.270. The van der Waals surface area contributed by atoms with Gasteiger partial charge in [0.05, 0.1) is 18.4 Å². The fourth-order valence-electron chi connectivity index (χ4n) is 4.29. The minimum Gasteiger partial charge on any atom is -0.324 e. The summed E-state index contributed by atoms with van der Waals surface area (Å²) in [6.45, 7) is 6.26. The Morgan fingerprint density at radius 2 is 1.90 bits per heavy atom. The third-order valence-corrected chi connectivity index (χ3v) is 6.67. The van der Waals surface area contributed by atoms with Gasteiger partial charge >= 0.3 is 0 Å². The van der Waals surface area contributed by atoms with Gasteiger partial charge in [0.2, 0.25) is 0 Å². The Morgan fingerprint density at radius 3 is 2.59 bits per heavy atom. The highest BCUT2D eigenvalue weighted by Crippen LogP contribution is 2.37. The van der Waals surface area contributed by atoms with Crippen molar-refractivity contribution >= 4 is 17.3 Å². The van der Waals surface area contributed by atoms with E-state index >= 15 is 0 Å². The average molecular weight is 405 g/mol. The molecule has 0 amide bonds. The molecule has 162 valence electrons. The van der Waals surface area contributed by atoms with Gasteiger partial charge in [-0.2, -0.15) is 0 Å². The zero-order valence-electron chi connectivity index (χ0n) is 18.2. The lowest BCUT2D eigenvalue weighted by Gasteiger charge is -2.32. The van der Waals surface area contributed by atoms with Crippen LogP contribution in [-0.2, 0) is 27.3 Å². The summed E-state index contributed by atoms with van der Waals surface area (Å²) in [4.78, 5) is 37.4. The van der Waals surface area contributed by atoms with Crippen LogP contribution in [0, 0.1) is 10.8 Å². The summed E-state index contributed by atoms with van der Waals surface area (Å²) in [7, 11) is 0. The number of nitrogens with zero attached hydrogens (tertiary/aromatic N) is 3. The zero-order chi connectivity index (χ0) is 21.5. The van der Waals surface area contributed by atoms with Gasteiger partial charge in [0.25, 0.3) is 0 Å². The van der Waals surface area contributed by atoms with Gasteiger partial charge in [0.15, 0.2) is 5.78 Å². The van der Waals surface area contributed by atoms with Crippen LogP contribution in [0.2, 0.25) is 0 Å². The first kappa shape index (κ1) is 23.4. The lowest BCUT2D eigenvalue weighted by atomic mass is 9.71. The van der Waals surface area contributed by atoms with Crippen molar-refractivity contribution in [2.24, 2.45) is 16.6 Å². The Bertz CT molecular complexity index is 729. The van der Waals surface area contributed by atoms with Crippen LogP contribution in [0.4, 0.5) is 0 Å². The van der Waals surface area contributed by atoms with Crippen LogP contribution in [0.15, 0.2) is 6.20 Å². The van der Waals surface area contributed by atoms with E-state index < -0.39 is 10.8 Å². The highest BCUT2D eigenvalue weighted by Gasteiger charge is 2.37. The molecular weight excluding hydrogens is 368 g/mol. The fourth-order valence-corrected chi connectivity index (χ4v) is 4.29. The number of hydrogen-bond acceptors (Lipinski definition) is 6. The minimum atomic E-state index is -0.582. The third-order valence-electron chi connectivity index (χ3n) is 6.67. The number of nitrogens with two attached hydrogens (primary N) is 1. The second kappa shape index (κ2) is 10.2. The highest BCUT2D eigenvalue weighted by atomic mass is 16.1. The molecule has 1 aromatic heterocycles. The van der Waals surface area contributed by atoms with Crippen LogP contribution in [0.25, 0.3) is 0 Å². The van der Waals surface area contributed by atoms with Crippen LogP contribution in [0.5, 0.6) is 0 Å². The van der Waals surface area contributed by atoms with Gasteiger partial charge in [-0.05, 0) is 51.9 Å². The molecule has 0 bridgehead atoms. The number of aromatic nitrogens is 3. The highest BCUT2D eigenvalue weighted by molar-refractivity contribution is 5.88. The van der Waals surface area contributed by atoms with E-state index in [0.29, 0.717) is 38.5 Å². The molecule has 0 fully saturated rings. The summed E-state index contributed by atoms with van der Waals surface area (Å²) in [5, 5.41) is 8.24. The molecular formula is C22H36N4O3. The number of rotatable bonds is 5. The minimum absolute atomic E-state index is 0.000477. The van der Waals surface area contributed by atoms with Gasteiger partial charge in [0.1, 0.15) is 11.6 Å². The maximum absolute atomic E-state index is 13.2. The standard InChI is InChI=1S/C22H36N4O3/c1-17(27)8-12-21(2)11-6-7-18-16-24-25-26(18)14-5-4-10-22(3,20(29)15-23)13-9-19(21)28/h16H,4-15,23H2,1-3H3/t21-,22-/m1/s1. The lowest BCUT2D eigenvalue weighted by Crippen LogP contribution is -2.36. The van der Waals surface area contributed by atoms with Crippen molar-refractivity contribution in [2.75, 3.05) is 6.54 Å². The largest absolute Gasteiger partial charge is 0.324 e. The van der Waals surface area contributed by atoms with Gasteiger partial charge in [-0.3, -0.25) is 9.59 Å². The SMILES string of the molecule is CC(=O)CC[C@@]1(C)CCCc2cnnn2CCCC[C@@](C)(C(=O)CN)CCC1=O. The molecule has 1 aliphatic rings. The molecule has 0 spiro atoms. The quantitative estimate of drug-likeness (QED) is 0.808. The van der Waals surface area contributed by atoms with Gasteiger partial charge < -0.3 is 10.5 Å². The summed E-state index contributed by atoms with van der Waals surface area (Å²) in [5.41, 5.74) is 5.61. The van der Waals surface area contributed by atoms with Crippen molar-refractivity contribution in [3.05, 3.63) is 11.9 Å². The molecule has 0 saturated heterocycles. The van der Waals surface area contributed by atoms with Crippen LogP contribution in [0.1, 0.15) is 84.3 Å². The molecule has 0 radical (unpaired) electrons. The van der Waals surface area contributed by atoms with Gasteiger partial charge in [-0.1, -0.05) is 25.5 Å². The second-order valence-corrected chi connectivity index (χ2v) is 9.13. The smallest absolute Gasteiger partial charge is 0.152 e. The molecule has 2 rings (SSSR count). The van der Waals surface area contributed by atoms with Gasteiger partial charge in [-0.15, -0.1) is 5.10 Å². The Hall–Kier alpha value is -1.89. The van der Waals surface area contributed by atoms with Crippen molar-refractivity contribution in [3.63, 3.8) is 0 Å². The average Bonchev–Trinajstić information content (AvgIpc) is 3.13. The monoisotopic (exact) mass is 404 g/mol. The fraction of sp³-hybridized carbons (Fsp3) is 0.773. The summed E-state index contributed by atoms with van der Waals surface area (Å²) in [6, 6.07) is 0. The van der Waals surface area contributed by atoms with Crippen LogP contribution >= 0.6 is 0 Å². The molecule has 1 aromatic rings. The maximum atomic E-state index is 13.2. The number of carbonyl (C=O) groups excluding carboxylic acids is 3. The first-order chi connectivity index (χ1) is 13.7. The van der Waals surface area contributed by atoms with E-state index in [1.165, 1.54) is 0 Å². The number of carbonyl (C=O) groups is 3. The van der Waals surface area contributed by atoms with Crippen molar-refractivity contribution in [3.8, 4) is 0 Å². The topological polar surface area (TPSA) is 108 Å². The molecule has 0 saturated carbocycles. The Morgan fingerprint density at radius 1 is 1.14 bits per heavy atom. The number of fused-ring (bicyclic) bond motifs is 1. The summed E-state index contributed by atoms with van der Waals surface area (Å²) in [6.07, 6.45) is 8.50. The van der Waals surface area contributed by atoms with E-state index in [9.17, 15) is 14.4 Å². The number of hydrogen-bond donors (Lipinski definition) is 1. The predicted octanol–water partition coefficient (Wildman–Crippen LogP) is 3.04. The molecule has 2 N–H and O–H groups in total. The van der Waals surface area contributed by atoms with Gasteiger partial charge in [-0.25, -0.2) is 4.68 Å². The lowest BCUT2D eigenvalue weighted by molar-refractivity contribution is -0.131. The molecule has 0 aliphatic carbocycles. The molecule has 7 heteroatoms. The Balaban J connectivity index is 2.25. The van der Waals surface area contributed by atoms with Crippen LogP contribution < -0.4 is 5.73 Å². The maximum Gasteiger partial charge on any atom is 0.152 e. The molecule has 2 atom stereocenters. The second-order valence-electron chi connectivity index (χ2n) is 9.13. The van der Waals surface area contributed by atoms with E-state index in [1.54, 1.807) is 13.1 Å². The molecule has 1 aliphatic heterocycles. The summed E-state index contributed by atoms with van der Waals surface area (Å²) >= 11 is 0. The van der Waals surface area contributed by atoms with Crippen molar-refractivity contribution in [1.29, 1.82) is 0 Å². The van der Waals surface area contributed by atoms with Gasteiger partial charge in [0, 0.05) is 30.2 Å². The van der Waals surface area contributed by atoms with E-state index in [1.807, 2.05) is 18.5 Å². The predicted molar refractivity (Wildman–Crippen MR) is 111 cm³/mol. The van der Waals surface area contributed by atoms with E-state index in [4.69, 9.17) is 5.73 Å². The van der Waals surface area contributed by atoms with E-state index in [-0.39, 0.29) is 23.9 Å². The van der Waals surface area contributed by atoms with E-state index in [2.05, 4.69) is 10.3 Å². The number of Topliss-reactive ketones (excluding diaryl/α,β-unsaturated/α-hetero) is 3. The number of ketones is 3. The molecule has 29 heavy (non-hydrogen) atoms. The normalized spacial score (nSPS) is 27.1. The number of aryl methyl sites for hydroxylation is 2. The molecule has 0 unspecified atom stereocenters. The van der Waals surface area contributed by atoms with Crippen LogP contribution in [0.3, 0.4) is 0 Å². The molecule has 7 nitrogen and oxygen atoms in total. The first-order valence-corrected chi connectivity index (χ1v) is 10.8. The Labute approximate surface area is 173 Å². The molecule has 2 heterocycles. The van der Waals surface area contributed by atoms with Crippen LogP contribution in [-0.4, -0.2) is 38.9 Å². The van der Waals surface area contributed by atoms with Crippen molar-refractivity contribution in [1.82, 2.24) is 15.0 Å². The van der Waals surface area contributed by atoms with Crippen molar-refractivity contribution in [2.45, 2.75) is 91.5 Å². The zero-order valence-corrected chi connectivity index (χ0v) is 18.2. The first-order valence-electron chi connectivity index (χ1n) is 10.8.